The monoisotopic (exact) mass is 395 g/mol. The first-order valence-electron chi connectivity index (χ1n) is 9.92. The summed E-state index contributed by atoms with van der Waals surface area (Å²) in [6.07, 6.45) is 12.6. The van der Waals surface area contributed by atoms with E-state index >= 15 is 4.39 Å². The van der Waals surface area contributed by atoms with Crippen LogP contribution in [-0.4, -0.2) is 41.7 Å². The van der Waals surface area contributed by atoms with Gasteiger partial charge in [-0.25, -0.2) is 4.39 Å². The van der Waals surface area contributed by atoms with Crippen molar-refractivity contribution in [3.8, 4) is 0 Å². The number of rotatable bonds is 8. The van der Waals surface area contributed by atoms with E-state index in [2.05, 4.69) is 25.4 Å². The maximum atomic E-state index is 15.2. The van der Waals surface area contributed by atoms with Crippen molar-refractivity contribution in [2.24, 2.45) is 15.2 Å². The van der Waals surface area contributed by atoms with Crippen molar-refractivity contribution >= 4 is 29.9 Å². The Hall–Kier alpha value is -3.09. The summed E-state index contributed by atoms with van der Waals surface area (Å²) < 4.78 is 15.2. The van der Waals surface area contributed by atoms with Crippen LogP contribution in [-0.2, 0) is 4.79 Å². The lowest BCUT2D eigenvalue weighted by molar-refractivity contribution is -0.112. The molecule has 152 valence electrons. The molecule has 0 atom stereocenters. The van der Waals surface area contributed by atoms with Gasteiger partial charge in [0.1, 0.15) is 5.70 Å². The number of carbonyl (C=O) groups excluding carboxylic acids is 1. The van der Waals surface area contributed by atoms with E-state index < -0.39 is 11.7 Å². The number of amidine groups is 1. The van der Waals surface area contributed by atoms with E-state index in [1.54, 1.807) is 37.6 Å². The van der Waals surface area contributed by atoms with Crippen LogP contribution in [0.25, 0.3) is 0 Å². The number of amides is 1. The van der Waals surface area contributed by atoms with Crippen LogP contribution in [0, 0.1) is 5.82 Å². The van der Waals surface area contributed by atoms with E-state index in [0.717, 1.165) is 19.3 Å². The van der Waals surface area contributed by atoms with Crippen LogP contribution in [0.4, 0.5) is 10.1 Å². The summed E-state index contributed by atoms with van der Waals surface area (Å²) in [5, 5.41) is 10.8. The maximum Gasteiger partial charge on any atom is 0.273 e. The second kappa shape index (κ2) is 9.91. The van der Waals surface area contributed by atoms with Gasteiger partial charge < -0.3 is 10.2 Å². The SMILES string of the molecule is CC=N/C(=C\CC/C=C\C)C(=O)Nc1cccc(C2=NN=CCN2C2CC2)c1F. The summed E-state index contributed by atoms with van der Waals surface area (Å²) in [5.74, 6) is -0.448. The highest BCUT2D eigenvalue weighted by atomic mass is 19.1. The van der Waals surface area contributed by atoms with E-state index in [-0.39, 0.29) is 11.4 Å². The van der Waals surface area contributed by atoms with Crippen molar-refractivity contribution in [1.82, 2.24) is 4.90 Å². The van der Waals surface area contributed by atoms with Gasteiger partial charge in [0.15, 0.2) is 11.7 Å². The summed E-state index contributed by atoms with van der Waals surface area (Å²) in [5.41, 5.74) is 0.705. The Bertz CT molecular complexity index is 896. The topological polar surface area (TPSA) is 69.4 Å². The minimum atomic E-state index is -0.518. The number of carbonyl (C=O) groups is 1. The molecule has 0 radical (unpaired) electrons. The van der Waals surface area contributed by atoms with Gasteiger partial charge in [-0.2, -0.15) is 5.10 Å². The number of aliphatic imine (C=N–C) groups is 1. The summed E-state index contributed by atoms with van der Waals surface area (Å²) in [6.45, 7) is 4.30. The molecule has 1 aliphatic heterocycles. The first kappa shape index (κ1) is 20.6. The molecular weight excluding hydrogens is 369 g/mol. The average molecular weight is 395 g/mol. The first-order valence-corrected chi connectivity index (χ1v) is 9.92. The Morgan fingerprint density at radius 2 is 2.17 bits per heavy atom. The summed E-state index contributed by atoms with van der Waals surface area (Å²) in [4.78, 5) is 18.8. The van der Waals surface area contributed by atoms with Gasteiger partial charge in [-0.05, 0) is 51.7 Å². The molecule has 1 aromatic carbocycles. The molecule has 0 bridgehead atoms. The molecule has 0 aromatic heterocycles. The molecule has 6 nitrogen and oxygen atoms in total. The van der Waals surface area contributed by atoms with E-state index in [9.17, 15) is 4.79 Å². The third-order valence-corrected chi connectivity index (χ3v) is 4.67. The highest BCUT2D eigenvalue weighted by Gasteiger charge is 2.33. The molecule has 2 aliphatic rings. The molecule has 1 saturated carbocycles. The van der Waals surface area contributed by atoms with Crippen LogP contribution in [0.1, 0.15) is 45.1 Å². The fraction of sp³-hybridized carbons (Fsp3) is 0.364. The van der Waals surface area contributed by atoms with Gasteiger partial charge in [-0.1, -0.05) is 24.3 Å². The number of nitrogens with one attached hydrogen (secondary N) is 1. The van der Waals surface area contributed by atoms with Crippen LogP contribution < -0.4 is 5.32 Å². The van der Waals surface area contributed by atoms with Crippen LogP contribution >= 0.6 is 0 Å². The fourth-order valence-corrected chi connectivity index (χ4v) is 3.09. The lowest BCUT2D eigenvalue weighted by atomic mass is 10.1. The quantitative estimate of drug-likeness (QED) is 0.308. The smallest absolute Gasteiger partial charge is 0.273 e. The lowest BCUT2D eigenvalue weighted by Crippen LogP contribution is -2.37. The van der Waals surface area contributed by atoms with E-state index in [1.807, 2.05) is 19.1 Å². The highest BCUT2D eigenvalue weighted by Crippen LogP contribution is 2.30. The Balaban J connectivity index is 1.80. The number of nitrogens with zero attached hydrogens (tertiary/aromatic N) is 4. The number of hydrogen-bond acceptors (Lipinski definition) is 5. The predicted molar refractivity (Wildman–Crippen MR) is 116 cm³/mol. The molecule has 0 saturated heterocycles. The second-order valence-corrected chi connectivity index (χ2v) is 6.85. The van der Waals surface area contributed by atoms with Gasteiger partial charge in [0.2, 0.25) is 0 Å². The van der Waals surface area contributed by atoms with E-state index in [4.69, 9.17) is 0 Å². The minimum absolute atomic E-state index is 0.103. The summed E-state index contributed by atoms with van der Waals surface area (Å²) in [6, 6.07) is 5.29. The Morgan fingerprint density at radius 1 is 1.34 bits per heavy atom. The van der Waals surface area contributed by atoms with Gasteiger partial charge in [-0.15, -0.1) is 5.10 Å². The van der Waals surface area contributed by atoms with Gasteiger partial charge in [0.05, 0.1) is 17.8 Å². The van der Waals surface area contributed by atoms with Crippen molar-refractivity contribution in [1.29, 1.82) is 0 Å². The normalized spacial score (nSPS) is 17.3. The van der Waals surface area contributed by atoms with Gasteiger partial charge in [-0.3, -0.25) is 9.79 Å². The number of anilines is 1. The van der Waals surface area contributed by atoms with Gasteiger partial charge >= 0.3 is 0 Å². The van der Waals surface area contributed by atoms with Crippen molar-refractivity contribution in [3.05, 3.63) is 53.5 Å². The molecule has 0 spiro atoms. The molecule has 1 aromatic rings. The molecule has 3 rings (SSSR count). The molecule has 7 heteroatoms. The fourth-order valence-electron chi connectivity index (χ4n) is 3.09. The van der Waals surface area contributed by atoms with Crippen LogP contribution in [0.2, 0.25) is 0 Å². The number of allylic oxidation sites excluding steroid dienone is 3. The van der Waals surface area contributed by atoms with Crippen molar-refractivity contribution in [2.75, 3.05) is 11.9 Å². The Labute approximate surface area is 170 Å². The van der Waals surface area contributed by atoms with Crippen LogP contribution in [0.5, 0.6) is 0 Å². The van der Waals surface area contributed by atoms with Crippen LogP contribution in [0.15, 0.2) is 57.3 Å². The van der Waals surface area contributed by atoms with Gasteiger partial charge in [0, 0.05) is 18.5 Å². The molecular formula is C22H26FN5O. The highest BCUT2D eigenvalue weighted by molar-refractivity contribution is 6.06. The van der Waals surface area contributed by atoms with E-state index in [1.165, 1.54) is 6.07 Å². The lowest BCUT2D eigenvalue weighted by Gasteiger charge is -2.26. The second-order valence-electron chi connectivity index (χ2n) is 6.85. The number of halogens is 1. The number of benzene rings is 1. The summed E-state index contributed by atoms with van der Waals surface area (Å²) in [7, 11) is 0. The van der Waals surface area contributed by atoms with Crippen molar-refractivity contribution < 1.29 is 9.18 Å². The standard InChI is InChI=1S/C22H26FN5O/c1-3-5-6-7-10-19(24-4-2)22(29)26-18-11-8-9-17(20(18)23)21-27-25-14-15-28(21)16-12-13-16/h3-5,8-11,14,16H,6-7,12-13,15H2,1-2H3,(H,26,29)/b5-3-,19-10-,24-4?. The maximum absolute atomic E-state index is 15.2. The third kappa shape index (κ3) is 5.25. The minimum Gasteiger partial charge on any atom is -0.346 e. The number of hydrogen-bond donors (Lipinski definition) is 1. The molecule has 1 heterocycles. The zero-order valence-corrected chi connectivity index (χ0v) is 16.8. The molecule has 1 fully saturated rings. The van der Waals surface area contributed by atoms with E-state index in [0.29, 0.717) is 30.4 Å². The van der Waals surface area contributed by atoms with Crippen molar-refractivity contribution in [3.63, 3.8) is 0 Å². The van der Waals surface area contributed by atoms with Crippen LogP contribution in [0.3, 0.4) is 0 Å². The molecule has 0 unspecified atom stereocenters. The predicted octanol–water partition coefficient (Wildman–Crippen LogP) is 4.31. The molecule has 1 aliphatic carbocycles. The first-order chi connectivity index (χ1) is 14.2. The summed E-state index contributed by atoms with van der Waals surface area (Å²) >= 11 is 0. The zero-order chi connectivity index (χ0) is 20.6. The zero-order valence-electron chi connectivity index (χ0n) is 16.8. The Morgan fingerprint density at radius 3 is 2.90 bits per heavy atom. The average Bonchev–Trinajstić information content (AvgIpc) is 3.57. The molecule has 1 N–H and O–H groups in total. The van der Waals surface area contributed by atoms with Gasteiger partial charge in [0.25, 0.3) is 5.91 Å². The largest absolute Gasteiger partial charge is 0.346 e. The molecule has 29 heavy (non-hydrogen) atoms. The number of unbranched alkanes of at least 4 members (excludes halogenated alkanes) is 1. The Kier molecular flexibility index (Phi) is 7.05. The third-order valence-electron chi connectivity index (χ3n) is 4.67. The van der Waals surface area contributed by atoms with Crippen molar-refractivity contribution in [2.45, 2.75) is 45.6 Å². The molecule has 1 amide bonds.